The molecule has 2 amide bonds. The minimum atomic E-state index is -3.86. The Morgan fingerprint density at radius 3 is 2.42 bits per heavy atom. The van der Waals surface area contributed by atoms with Crippen molar-refractivity contribution in [3.05, 3.63) is 48.0 Å². The van der Waals surface area contributed by atoms with Gasteiger partial charge < -0.3 is 24.4 Å². The summed E-state index contributed by atoms with van der Waals surface area (Å²) in [6, 6.07) is 11.1. The quantitative estimate of drug-likeness (QED) is 0.459. The van der Waals surface area contributed by atoms with Gasteiger partial charge in [-0.05, 0) is 63.9 Å². The highest BCUT2D eigenvalue weighted by molar-refractivity contribution is 7.92. The van der Waals surface area contributed by atoms with Gasteiger partial charge in [0.05, 0.1) is 18.6 Å². The zero-order chi connectivity index (χ0) is 28.1. The highest BCUT2D eigenvalue weighted by Gasteiger charge is 2.34. The summed E-state index contributed by atoms with van der Waals surface area (Å²) in [4.78, 5) is 28.6. The van der Waals surface area contributed by atoms with Gasteiger partial charge in [0.15, 0.2) is 11.5 Å². The van der Waals surface area contributed by atoms with Gasteiger partial charge in [0.2, 0.25) is 28.6 Å². The Morgan fingerprint density at radius 1 is 1.08 bits per heavy atom. The van der Waals surface area contributed by atoms with Crippen molar-refractivity contribution < 1.29 is 32.2 Å². The molecular formula is C27H37N3O7S. The lowest BCUT2D eigenvalue weighted by atomic mass is 10.1. The fourth-order valence-corrected chi connectivity index (χ4v) is 5.15. The van der Waals surface area contributed by atoms with Crippen LogP contribution in [0.2, 0.25) is 0 Å². The maximum atomic E-state index is 13.9. The number of carbonyl (C=O) groups is 2. The number of fused-ring (bicyclic) bond motifs is 1. The summed E-state index contributed by atoms with van der Waals surface area (Å²) in [6.07, 6.45) is 0.335. The van der Waals surface area contributed by atoms with E-state index in [0.717, 1.165) is 9.87 Å². The van der Waals surface area contributed by atoms with E-state index in [2.05, 4.69) is 5.32 Å². The van der Waals surface area contributed by atoms with Crippen molar-refractivity contribution in [2.45, 2.75) is 59.2 Å². The SMILES string of the molecule is CCC(C(=O)NC(C)(C)C)N(Cc1cccc(OC)c1)C(=O)CN(c1ccc2c(c1)OCO2)S(=O)(=O)CC. The lowest BCUT2D eigenvalue weighted by molar-refractivity contribution is -0.141. The summed E-state index contributed by atoms with van der Waals surface area (Å²) in [6.45, 7) is 8.56. The van der Waals surface area contributed by atoms with Crippen LogP contribution in [0.4, 0.5) is 5.69 Å². The van der Waals surface area contributed by atoms with Crippen LogP contribution in [0.15, 0.2) is 42.5 Å². The van der Waals surface area contributed by atoms with Crippen LogP contribution in [0.25, 0.3) is 0 Å². The normalized spacial score (nSPS) is 13.5. The summed E-state index contributed by atoms with van der Waals surface area (Å²) in [5.41, 5.74) is 0.505. The molecule has 0 saturated carbocycles. The second-order valence-corrected chi connectivity index (χ2v) is 12.2. The third-order valence-electron chi connectivity index (χ3n) is 5.99. The lowest BCUT2D eigenvalue weighted by Gasteiger charge is -2.34. The lowest BCUT2D eigenvalue weighted by Crippen LogP contribution is -2.55. The van der Waals surface area contributed by atoms with Crippen LogP contribution >= 0.6 is 0 Å². The molecule has 0 spiro atoms. The van der Waals surface area contributed by atoms with E-state index in [1.807, 2.05) is 33.8 Å². The molecule has 2 aromatic carbocycles. The fraction of sp³-hybridized carbons (Fsp3) is 0.481. The van der Waals surface area contributed by atoms with E-state index < -0.39 is 34.1 Å². The Labute approximate surface area is 224 Å². The third kappa shape index (κ3) is 7.09. The Balaban J connectivity index is 2.00. The number of carbonyl (C=O) groups excluding carboxylic acids is 2. The molecule has 1 N–H and O–H groups in total. The Kier molecular flexibility index (Phi) is 9.14. The number of benzene rings is 2. The molecule has 1 unspecified atom stereocenters. The molecule has 1 aliphatic heterocycles. The predicted molar refractivity (Wildman–Crippen MR) is 145 cm³/mol. The summed E-state index contributed by atoms with van der Waals surface area (Å²) >= 11 is 0. The summed E-state index contributed by atoms with van der Waals surface area (Å²) in [5.74, 6) is 0.459. The Morgan fingerprint density at radius 2 is 1.79 bits per heavy atom. The second kappa shape index (κ2) is 11.9. The first kappa shape index (κ1) is 29.1. The van der Waals surface area contributed by atoms with E-state index in [4.69, 9.17) is 14.2 Å². The van der Waals surface area contributed by atoms with E-state index in [-0.39, 0.29) is 30.7 Å². The van der Waals surface area contributed by atoms with Gasteiger partial charge in [-0.3, -0.25) is 13.9 Å². The number of nitrogens with zero attached hydrogens (tertiary/aromatic N) is 2. The maximum Gasteiger partial charge on any atom is 0.244 e. The van der Waals surface area contributed by atoms with Gasteiger partial charge >= 0.3 is 0 Å². The number of amides is 2. The first-order chi connectivity index (χ1) is 17.9. The number of hydrogen-bond donors (Lipinski definition) is 1. The van der Waals surface area contributed by atoms with Crippen LogP contribution in [0.3, 0.4) is 0 Å². The van der Waals surface area contributed by atoms with Gasteiger partial charge in [0.25, 0.3) is 0 Å². The molecule has 0 bridgehead atoms. The number of methoxy groups -OCH3 is 1. The molecule has 0 radical (unpaired) electrons. The topological polar surface area (TPSA) is 114 Å². The van der Waals surface area contributed by atoms with Crippen LogP contribution in [-0.2, 0) is 26.2 Å². The first-order valence-electron chi connectivity index (χ1n) is 12.5. The molecule has 1 aliphatic rings. The molecule has 0 aliphatic carbocycles. The molecule has 2 aromatic rings. The molecule has 10 nitrogen and oxygen atoms in total. The average molecular weight is 548 g/mol. The number of sulfonamides is 1. The minimum Gasteiger partial charge on any atom is -0.497 e. The summed E-state index contributed by atoms with van der Waals surface area (Å²) in [7, 11) is -2.31. The van der Waals surface area contributed by atoms with E-state index >= 15 is 0 Å². The average Bonchev–Trinajstić information content (AvgIpc) is 3.34. The van der Waals surface area contributed by atoms with E-state index in [9.17, 15) is 18.0 Å². The smallest absolute Gasteiger partial charge is 0.244 e. The monoisotopic (exact) mass is 547 g/mol. The van der Waals surface area contributed by atoms with Crippen LogP contribution in [0.5, 0.6) is 17.2 Å². The van der Waals surface area contributed by atoms with Gasteiger partial charge in [-0.2, -0.15) is 0 Å². The van der Waals surface area contributed by atoms with Crippen LogP contribution in [-0.4, -0.2) is 62.9 Å². The summed E-state index contributed by atoms with van der Waals surface area (Å²) in [5, 5.41) is 2.95. The number of nitrogens with one attached hydrogen (secondary N) is 1. The van der Waals surface area contributed by atoms with Crippen molar-refractivity contribution in [3.8, 4) is 17.2 Å². The third-order valence-corrected chi connectivity index (χ3v) is 7.74. The second-order valence-electron chi connectivity index (χ2n) is 9.98. The molecule has 1 heterocycles. The first-order valence-corrected chi connectivity index (χ1v) is 14.1. The molecule has 1 atom stereocenters. The number of ether oxygens (including phenoxy) is 3. The van der Waals surface area contributed by atoms with E-state index in [1.165, 1.54) is 11.8 Å². The molecule has 3 rings (SSSR count). The van der Waals surface area contributed by atoms with Gasteiger partial charge in [-0.1, -0.05) is 19.1 Å². The van der Waals surface area contributed by atoms with Crippen molar-refractivity contribution in [1.82, 2.24) is 10.2 Å². The summed E-state index contributed by atoms with van der Waals surface area (Å²) < 4.78 is 43.4. The van der Waals surface area contributed by atoms with Crippen molar-refractivity contribution in [1.29, 1.82) is 0 Å². The standard InChI is InChI=1S/C27H37N3O7S/c1-7-22(26(32)28-27(3,4)5)29(16-19-10-9-11-21(14-19)35-6)25(31)17-30(38(33,34)8-2)20-12-13-23-24(15-20)37-18-36-23/h9-15,22H,7-8,16-18H2,1-6H3,(H,28,32). The molecule has 208 valence electrons. The number of anilines is 1. The van der Waals surface area contributed by atoms with Crippen LogP contribution in [0.1, 0.15) is 46.6 Å². The highest BCUT2D eigenvalue weighted by Crippen LogP contribution is 2.36. The van der Waals surface area contributed by atoms with Crippen molar-refractivity contribution >= 4 is 27.5 Å². The highest BCUT2D eigenvalue weighted by atomic mass is 32.2. The minimum absolute atomic E-state index is 0.0353. The number of rotatable bonds is 11. The maximum absolute atomic E-state index is 13.9. The van der Waals surface area contributed by atoms with Gasteiger partial charge in [0, 0.05) is 18.2 Å². The van der Waals surface area contributed by atoms with Crippen LogP contribution < -0.4 is 23.8 Å². The molecule has 0 saturated heterocycles. The molecular weight excluding hydrogens is 510 g/mol. The van der Waals surface area contributed by atoms with Gasteiger partial charge in [-0.15, -0.1) is 0 Å². The molecule has 0 fully saturated rings. The Hall–Kier alpha value is -3.47. The zero-order valence-corrected chi connectivity index (χ0v) is 23.6. The molecule has 0 aromatic heterocycles. The zero-order valence-electron chi connectivity index (χ0n) is 22.8. The van der Waals surface area contributed by atoms with Gasteiger partial charge in [0.1, 0.15) is 18.3 Å². The Bertz CT molecular complexity index is 1260. The van der Waals surface area contributed by atoms with Crippen molar-refractivity contribution in [3.63, 3.8) is 0 Å². The van der Waals surface area contributed by atoms with E-state index in [1.54, 1.807) is 43.5 Å². The number of hydrogen-bond acceptors (Lipinski definition) is 7. The predicted octanol–water partition coefficient (Wildman–Crippen LogP) is 3.30. The van der Waals surface area contributed by atoms with Crippen LogP contribution in [0, 0.1) is 0 Å². The van der Waals surface area contributed by atoms with Gasteiger partial charge in [-0.25, -0.2) is 8.42 Å². The van der Waals surface area contributed by atoms with E-state index in [0.29, 0.717) is 23.7 Å². The fourth-order valence-electron chi connectivity index (χ4n) is 4.10. The molecule has 11 heteroatoms. The molecule has 38 heavy (non-hydrogen) atoms. The van der Waals surface area contributed by atoms with Crippen molar-refractivity contribution in [2.24, 2.45) is 0 Å². The largest absolute Gasteiger partial charge is 0.497 e. The van der Waals surface area contributed by atoms with Crippen molar-refractivity contribution in [2.75, 3.05) is 30.5 Å².